The highest BCUT2D eigenvalue weighted by Crippen LogP contribution is 2.22. The Hall–Kier alpha value is -1.68. The van der Waals surface area contributed by atoms with Crippen molar-refractivity contribution in [3.05, 3.63) is 35.8 Å². The van der Waals surface area contributed by atoms with Gasteiger partial charge in [-0.25, -0.2) is 0 Å². The third-order valence-corrected chi connectivity index (χ3v) is 2.17. The van der Waals surface area contributed by atoms with Crippen LogP contribution >= 0.6 is 0 Å². The molecule has 0 saturated carbocycles. The van der Waals surface area contributed by atoms with Crippen LogP contribution < -0.4 is 0 Å². The van der Waals surface area contributed by atoms with Crippen LogP contribution in [0.2, 0.25) is 0 Å². The summed E-state index contributed by atoms with van der Waals surface area (Å²) in [4.78, 5) is 4.01. The fourth-order valence-corrected chi connectivity index (χ4v) is 1.39. The van der Waals surface area contributed by atoms with Gasteiger partial charge in [-0.05, 0) is 19.1 Å². The van der Waals surface area contributed by atoms with E-state index in [1.54, 1.807) is 12.4 Å². The number of aromatic nitrogens is 3. The van der Waals surface area contributed by atoms with Crippen LogP contribution in [0.5, 0.6) is 0 Å². The van der Waals surface area contributed by atoms with Crippen molar-refractivity contribution in [1.82, 2.24) is 15.2 Å². The fourth-order valence-electron chi connectivity index (χ4n) is 1.39. The number of aromatic amines is 1. The molecule has 2 heterocycles. The summed E-state index contributed by atoms with van der Waals surface area (Å²) in [6.45, 7) is 1.88. The maximum absolute atomic E-state index is 9.17. The van der Waals surface area contributed by atoms with E-state index in [0.717, 1.165) is 22.5 Å². The van der Waals surface area contributed by atoms with Crippen LogP contribution in [-0.4, -0.2) is 20.3 Å². The first kappa shape index (κ1) is 8.90. The van der Waals surface area contributed by atoms with Crippen molar-refractivity contribution in [2.75, 3.05) is 0 Å². The monoisotopic (exact) mass is 189 g/mol. The highest BCUT2D eigenvalue weighted by Gasteiger charge is 2.10. The highest BCUT2D eigenvalue weighted by atomic mass is 16.3. The zero-order chi connectivity index (χ0) is 9.97. The van der Waals surface area contributed by atoms with Crippen molar-refractivity contribution in [3.63, 3.8) is 0 Å². The van der Waals surface area contributed by atoms with Gasteiger partial charge in [0.05, 0.1) is 12.3 Å². The van der Waals surface area contributed by atoms with Crippen molar-refractivity contribution >= 4 is 0 Å². The Bertz CT molecular complexity index is 422. The van der Waals surface area contributed by atoms with Crippen LogP contribution in [0.15, 0.2) is 24.5 Å². The first-order chi connectivity index (χ1) is 6.83. The molecule has 2 N–H and O–H groups in total. The van der Waals surface area contributed by atoms with Gasteiger partial charge in [-0.1, -0.05) is 0 Å². The molecule has 4 heteroatoms. The van der Waals surface area contributed by atoms with E-state index in [9.17, 15) is 0 Å². The van der Waals surface area contributed by atoms with Crippen molar-refractivity contribution in [2.45, 2.75) is 13.5 Å². The Balaban J connectivity index is 2.52. The molecule has 2 rings (SSSR count). The molecule has 0 aromatic carbocycles. The van der Waals surface area contributed by atoms with Gasteiger partial charge in [0.1, 0.15) is 0 Å². The molecule has 14 heavy (non-hydrogen) atoms. The second-order valence-electron chi connectivity index (χ2n) is 3.08. The molecule has 0 aliphatic rings. The van der Waals surface area contributed by atoms with Gasteiger partial charge < -0.3 is 5.11 Å². The maximum Gasteiger partial charge on any atom is 0.0994 e. The van der Waals surface area contributed by atoms with Gasteiger partial charge in [0.2, 0.25) is 0 Å². The summed E-state index contributed by atoms with van der Waals surface area (Å²) in [5.74, 6) is 0. The molecule has 2 aromatic heterocycles. The minimum absolute atomic E-state index is 0.00738. The summed E-state index contributed by atoms with van der Waals surface area (Å²) in [6, 6.07) is 3.77. The van der Waals surface area contributed by atoms with Crippen LogP contribution in [-0.2, 0) is 6.61 Å². The lowest BCUT2D eigenvalue weighted by atomic mass is 10.1. The number of hydrogen-bond acceptors (Lipinski definition) is 3. The zero-order valence-corrected chi connectivity index (χ0v) is 7.86. The van der Waals surface area contributed by atoms with Crippen LogP contribution in [0.25, 0.3) is 11.3 Å². The second-order valence-corrected chi connectivity index (χ2v) is 3.08. The summed E-state index contributed by atoms with van der Waals surface area (Å²) < 4.78 is 0. The molecule has 0 fully saturated rings. The minimum Gasteiger partial charge on any atom is -0.392 e. The van der Waals surface area contributed by atoms with E-state index in [1.165, 1.54) is 0 Å². The largest absolute Gasteiger partial charge is 0.392 e. The molecule has 0 unspecified atom stereocenters. The lowest BCUT2D eigenvalue weighted by Crippen LogP contribution is -1.88. The van der Waals surface area contributed by atoms with Gasteiger partial charge in [0.25, 0.3) is 0 Å². The van der Waals surface area contributed by atoms with Crippen LogP contribution in [0.1, 0.15) is 11.3 Å². The average Bonchev–Trinajstić information content (AvgIpc) is 2.61. The molecule has 0 saturated heterocycles. The SMILES string of the molecule is Cc1[nH]nc(-c2cccnc2)c1CO. The smallest absolute Gasteiger partial charge is 0.0994 e. The Morgan fingerprint density at radius 2 is 2.36 bits per heavy atom. The zero-order valence-electron chi connectivity index (χ0n) is 7.86. The third-order valence-electron chi connectivity index (χ3n) is 2.17. The van der Waals surface area contributed by atoms with E-state index in [-0.39, 0.29) is 6.61 Å². The van der Waals surface area contributed by atoms with E-state index < -0.39 is 0 Å². The number of hydrogen-bond donors (Lipinski definition) is 2. The lowest BCUT2D eigenvalue weighted by molar-refractivity contribution is 0.281. The normalized spacial score (nSPS) is 10.4. The van der Waals surface area contributed by atoms with Crippen molar-refractivity contribution in [1.29, 1.82) is 0 Å². The minimum atomic E-state index is -0.00738. The maximum atomic E-state index is 9.17. The van der Waals surface area contributed by atoms with Gasteiger partial charge in [0, 0.05) is 29.2 Å². The molecule has 0 bridgehead atoms. The van der Waals surface area contributed by atoms with Gasteiger partial charge in [-0.15, -0.1) is 0 Å². The van der Waals surface area contributed by atoms with E-state index in [4.69, 9.17) is 5.11 Å². The quantitative estimate of drug-likeness (QED) is 0.747. The molecule has 72 valence electrons. The number of H-pyrrole nitrogens is 1. The van der Waals surface area contributed by atoms with Crippen LogP contribution in [0, 0.1) is 6.92 Å². The fraction of sp³-hybridized carbons (Fsp3) is 0.200. The molecule has 0 amide bonds. The first-order valence-electron chi connectivity index (χ1n) is 4.38. The molecule has 0 aliphatic heterocycles. The Morgan fingerprint density at radius 1 is 1.50 bits per heavy atom. The number of aliphatic hydroxyl groups excluding tert-OH is 1. The first-order valence-corrected chi connectivity index (χ1v) is 4.38. The summed E-state index contributed by atoms with van der Waals surface area (Å²) in [5.41, 5.74) is 3.42. The number of nitrogens with one attached hydrogen (secondary N) is 1. The average molecular weight is 189 g/mol. The molecular weight excluding hydrogens is 178 g/mol. The predicted molar refractivity (Wildman–Crippen MR) is 52.5 cm³/mol. The van der Waals surface area contributed by atoms with Crippen LogP contribution in [0.3, 0.4) is 0 Å². The highest BCUT2D eigenvalue weighted by molar-refractivity contribution is 5.62. The van der Waals surface area contributed by atoms with E-state index in [2.05, 4.69) is 15.2 Å². The molecule has 4 nitrogen and oxygen atoms in total. The third kappa shape index (κ3) is 1.40. The van der Waals surface area contributed by atoms with E-state index in [0.29, 0.717) is 0 Å². The van der Waals surface area contributed by atoms with Gasteiger partial charge in [0.15, 0.2) is 0 Å². The summed E-state index contributed by atoms with van der Waals surface area (Å²) in [5, 5.41) is 16.1. The van der Waals surface area contributed by atoms with Crippen molar-refractivity contribution < 1.29 is 5.11 Å². The number of rotatable bonds is 2. The summed E-state index contributed by atoms with van der Waals surface area (Å²) in [6.07, 6.45) is 3.44. The molecule has 0 atom stereocenters. The number of aryl methyl sites for hydroxylation is 1. The Labute approximate surface area is 81.6 Å². The topological polar surface area (TPSA) is 61.8 Å². The van der Waals surface area contributed by atoms with Crippen LogP contribution in [0.4, 0.5) is 0 Å². The number of nitrogens with zero attached hydrogens (tertiary/aromatic N) is 2. The second kappa shape index (κ2) is 3.59. The molecule has 0 radical (unpaired) electrons. The standard InChI is InChI=1S/C10H11N3O/c1-7-9(6-14)10(13-12-7)8-3-2-4-11-5-8/h2-5,14H,6H2,1H3,(H,12,13). The van der Waals surface area contributed by atoms with Gasteiger partial charge >= 0.3 is 0 Å². The number of aliphatic hydroxyl groups is 1. The molecule has 0 aliphatic carbocycles. The molecule has 0 spiro atoms. The lowest BCUT2D eigenvalue weighted by Gasteiger charge is -1.98. The molecular formula is C10H11N3O. The summed E-state index contributed by atoms with van der Waals surface area (Å²) in [7, 11) is 0. The predicted octanol–water partition coefficient (Wildman–Crippen LogP) is 1.27. The van der Waals surface area contributed by atoms with E-state index >= 15 is 0 Å². The molecule has 2 aromatic rings. The Kier molecular flexibility index (Phi) is 2.28. The van der Waals surface area contributed by atoms with Crippen molar-refractivity contribution in [2.24, 2.45) is 0 Å². The number of pyridine rings is 1. The van der Waals surface area contributed by atoms with Gasteiger partial charge in [-0.3, -0.25) is 10.1 Å². The summed E-state index contributed by atoms with van der Waals surface area (Å²) >= 11 is 0. The van der Waals surface area contributed by atoms with E-state index in [1.807, 2.05) is 19.1 Å². The van der Waals surface area contributed by atoms with Crippen molar-refractivity contribution in [3.8, 4) is 11.3 Å². The Morgan fingerprint density at radius 3 is 3.00 bits per heavy atom. The van der Waals surface area contributed by atoms with Gasteiger partial charge in [-0.2, -0.15) is 5.10 Å².